The zero-order chi connectivity index (χ0) is 14.0. The number of hydrogen-bond donors (Lipinski definition) is 0. The van der Waals surface area contributed by atoms with E-state index in [2.05, 4.69) is 64.8 Å². The third kappa shape index (κ3) is 1.47. The standard InChI is InChI=1S/C20H14Br/c21-20-16-7-2-1-6-14(16)15-10-8-12-4-3-5-13-9-11-17(20)19(15)18(12)13/h3-6,8-11H,1-2,7H2/q+1. The summed E-state index contributed by atoms with van der Waals surface area (Å²) in [4.78, 5) is 0. The lowest BCUT2D eigenvalue weighted by molar-refractivity contribution is 0.776. The predicted octanol–water partition coefficient (Wildman–Crippen LogP) is 6.24. The van der Waals surface area contributed by atoms with E-state index in [0.717, 1.165) is 0 Å². The number of fused-ring (bicyclic) bond motifs is 2. The molecule has 0 heterocycles. The van der Waals surface area contributed by atoms with Crippen molar-refractivity contribution >= 4 is 48.2 Å². The molecule has 0 fully saturated rings. The third-order valence-corrected chi connectivity index (χ3v) is 5.78. The predicted molar refractivity (Wildman–Crippen MR) is 94.2 cm³/mol. The number of hydrogen-bond acceptors (Lipinski definition) is 0. The Morgan fingerprint density at radius 2 is 1.62 bits per heavy atom. The van der Waals surface area contributed by atoms with Crippen molar-refractivity contribution in [2.45, 2.75) is 19.3 Å². The minimum absolute atomic E-state index is 1.18. The summed E-state index contributed by atoms with van der Waals surface area (Å²) in [5.41, 5.74) is 2.95. The van der Waals surface area contributed by atoms with E-state index >= 15 is 0 Å². The second kappa shape index (κ2) is 4.14. The molecule has 100 valence electrons. The molecule has 0 aliphatic heterocycles. The van der Waals surface area contributed by atoms with Crippen molar-refractivity contribution in [2.24, 2.45) is 0 Å². The highest BCUT2D eigenvalue weighted by atomic mass is 79.9. The van der Waals surface area contributed by atoms with Gasteiger partial charge in [0.15, 0.2) is 0 Å². The largest absolute Gasteiger partial charge is 0.142 e. The Morgan fingerprint density at radius 3 is 2.43 bits per heavy atom. The van der Waals surface area contributed by atoms with Crippen LogP contribution in [0.25, 0.3) is 32.3 Å². The summed E-state index contributed by atoms with van der Waals surface area (Å²) < 4.78 is 1.30. The first-order valence-corrected chi connectivity index (χ1v) is 8.35. The van der Waals surface area contributed by atoms with Crippen LogP contribution in [0.15, 0.2) is 46.9 Å². The van der Waals surface area contributed by atoms with Gasteiger partial charge in [-0.05, 0) is 39.2 Å². The summed E-state index contributed by atoms with van der Waals surface area (Å²) in [6.45, 7) is 0. The Balaban J connectivity index is 2.13. The van der Waals surface area contributed by atoms with E-state index in [1.165, 1.54) is 67.2 Å². The molecule has 21 heavy (non-hydrogen) atoms. The molecule has 4 aromatic carbocycles. The fourth-order valence-electron chi connectivity index (χ4n) is 3.94. The van der Waals surface area contributed by atoms with Gasteiger partial charge in [-0.3, -0.25) is 0 Å². The molecule has 1 heteroatoms. The van der Waals surface area contributed by atoms with Gasteiger partial charge in [0.25, 0.3) is 0 Å². The van der Waals surface area contributed by atoms with Crippen LogP contribution < -0.4 is 0 Å². The minimum atomic E-state index is 1.18. The van der Waals surface area contributed by atoms with E-state index in [-0.39, 0.29) is 0 Å². The van der Waals surface area contributed by atoms with Crippen molar-refractivity contribution in [2.75, 3.05) is 0 Å². The summed E-state index contributed by atoms with van der Waals surface area (Å²) in [6, 6.07) is 15.7. The molecule has 0 N–H and O–H groups in total. The van der Waals surface area contributed by atoms with Crippen LogP contribution in [0.2, 0.25) is 0 Å². The molecule has 1 aliphatic carbocycles. The smallest absolute Gasteiger partial charge is 0.0610 e. The minimum Gasteiger partial charge on any atom is -0.0610 e. The Labute approximate surface area is 132 Å². The Bertz CT molecular complexity index is 981. The molecule has 0 aromatic heterocycles. The highest BCUT2D eigenvalue weighted by molar-refractivity contribution is 9.10. The fraction of sp³-hybridized carbons (Fsp3) is 0.150. The third-order valence-electron chi connectivity index (χ3n) is 4.87. The highest BCUT2D eigenvalue weighted by Gasteiger charge is 2.27. The second-order valence-corrected chi connectivity index (χ2v) is 6.78. The van der Waals surface area contributed by atoms with Gasteiger partial charge in [0.2, 0.25) is 0 Å². The van der Waals surface area contributed by atoms with E-state index in [9.17, 15) is 0 Å². The Kier molecular flexibility index (Phi) is 2.34. The first-order chi connectivity index (χ1) is 10.3. The highest BCUT2D eigenvalue weighted by Crippen LogP contribution is 2.44. The zero-order valence-corrected chi connectivity index (χ0v) is 13.2. The van der Waals surface area contributed by atoms with E-state index in [1.807, 2.05) is 0 Å². The number of benzene rings is 4. The van der Waals surface area contributed by atoms with Crippen LogP contribution in [0.1, 0.15) is 24.0 Å². The van der Waals surface area contributed by atoms with Crippen LogP contribution in [0.5, 0.6) is 0 Å². The molecule has 0 saturated heterocycles. The molecule has 0 bridgehead atoms. The first kappa shape index (κ1) is 11.9. The molecule has 0 radical (unpaired) electrons. The van der Waals surface area contributed by atoms with Crippen LogP contribution in [0.3, 0.4) is 0 Å². The SMILES string of the molecule is Brc1c2c(c3ccc4cccc5ccc1c3c54)[CH+]CCC2. The zero-order valence-electron chi connectivity index (χ0n) is 11.6. The lowest BCUT2D eigenvalue weighted by Gasteiger charge is -2.16. The van der Waals surface area contributed by atoms with Crippen LogP contribution in [-0.4, -0.2) is 0 Å². The topological polar surface area (TPSA) is 0 Å². The average Bonchev–Trinajstić information content (AvgIpc) is 2.55. The van der Waals surface area contributed by atoms with Crippen molar-refractivity contribution < 1.29 is 0 Å². The van der Waals surface area contributed by atoms with E-state index < -0.39 is 0 Å². The second-order valence-electron chi connectivity index (χ2n) is 5.98. The van der Waals surface area contributed by atoms with Gasteiger partial charge >= 0.3 is 0 Å². The van der Waals surface area contributed by atoms with Crippen molar-refractivity contribution in [1.29, 1.82) is 0 Å². The molecule has 0 saturated carbocycles. The Hall–Kier alpha value is -1.73. The first-order valence-electron chi connectivity index (χ1n) is 7.55. The maximum Gasteiger partial charge on any atom is 0.142 e. The maximum atomic E-state index is 3.89. The van der Waals surface area contributed by atoms with Crippen molar-refractivity contribution in [3.63, 3.8) is 0 Å². The van der Waals surface area contributed by atoms with Gasteiger partial charge in [-0.2, -0.15) is 0 Å². The fourth-order valence-corrected chi connectivity index (χ4v) is 4.68. The quantitative estimate of drug-likeness (QED) is 0.264. The molecule has 0 unspecified atom stereocenters. The molecule has 0 atom stereocenters. The monoisotopic (exact) mass is 333 g/mol. The van der Waals surface area contributed by atoms with Crippen molar-refractivity contribution in [3.05, 3.63) is 64.5 Å². The normalized spacial score (nSPS) is 14.7. The lowest BCUT2D eigenvalue weighted by Crippen LogP contribution is -2.04. The summed E-state index contributed by atoms with van der Waals surface area (Å²) >= 11 is 3.89. The molecule has 0 amide bonds. The van der Waals surface area contributed by atoms with Crippen LogP contribution >= 0.6 is 15.9 Å². The van der Waals surface area contributed by atoms with E-state index in [0.29, 0.717) is 0 Å². The van der Waals surface area contributed by atoms with Gasteiger partial charge in [-0.1, -0.05) is 30.3 Å². The van der Waals surface area contributed by atoms with Gasteiger partial charge in [0.1, 0.15) is 5.56 Å². The van der Waals surface area contributed by atoms with Gasteiger partial charge in [-0.25, -0.2) is 0 Å². The van der Waals surface area contributed by atoms with Crippen LogP contribution in [-0.2, 0) is 6.42 Å². The van der Waals surface area contributed by atoms with E-state index in [1.54, 1.807) is 0 Å². The molecule has 5 rings (SSSR count). The summed E-state index contributed by atoms with van der Waals surface area (Å²) in [5.74, 6) is 0. The van der Waals surface area contributed by atoms with Gasteiger partial charge < -0.3 is 0 Å². The molecule has 0 nitrogen and oxygen atoms in total. The average molecular weight is 334 g/mol. The van der Waals surface area contributed by atoms with Gasteiger partial charge in [0.05, 0.1) is 20.8 Å². The summed E-state index contributed by atoms with van der Waals surface area (Å²) in [7, 11) is 0. The van der Waals surface area contributed by atoms with Crippen molar-refractivity contribution in [1.82, 2.24) is 0 Å². The molecule has 0 spiro atoms. The molecular formula is C20H14Br+. The van der Waals surface area contributed by atoms with Gasteiger partial charge in [0, 0.05) is 36.1 Å². The summed E-state index contributed by atoms with van der Waals surface area (Å²) in [5, 5.41) is 8.31. The number of halogens is 1. The Morgan fingerprint density at radius 1 is 0.857 bits per heavy atom. The molecule has 4 aromatic rings. The van der Waals surface area contributed by atoms with E-state index in [4.69, 9.17) is 0 Å². The molecule has 1 aliphatic rings. The lowest BCUT2D eigenvalue weighted by atomic mass is 9.83. The molecular weight excluding hydrogens is 320 g/mol. The number of rotatable bonds is 0. The van der Waals surface area contributed by atoms with Crippen LogP contribution in [0.4, 0.5) is 0 Å². The maximum absolute atomic E-state index is 3.89. The van der Waals surface area contributed by atoms with Gasteiger partial charge in [-0.15, -0.1) is 0 Å². The summed E-state index contributed by atoms with van der Waals surface area (Å²) in [6.07, 6.45) is 6.07. The van der Waals surface area contributed by atoms with Crippen molar-refractivity contribution in [3.8, 4) is 0 Å². The van der Waals surface area contributed by atoms with Crippen LogP contribution in [0, 0.1) is 6.42 Å².